The summed E-state index contributed by atoms with van der Waals surface area (Å²) in [5, 5.41) is 0. The Bertz CT molecular complexity index is 133. The van der Waals surface area contributed by atoms with Crippen molar-refractivity contribution in [3.05, 3.63) is 0 Å². The molecule has 58 valence electrons. The molecule has 2 fully saturated rings. The predicted octanol–water partition coefficient (Wildman–Crippen LogP) is 1.69. The Balaban J connectivity index is 1.94. The van der Waals surface area contributed by atoms with Crippen LogP contribution in [-0.4, -0.2) is 19.0 Å². The molecule has 0 aromatic rings. The summed E-state index contributed by atoms with van der Waals surface area (Å²) in [6.07, 6.45) is 3.82. The molecule has 2 nitrogen and oxygen atoms in total. The highest BCUT2D eigenvalue weighted by Crippen LogP contribution is 2.35. The molecule has 10 heavy (non-hydrogen) atoms. The molecule has 0 unspecified atom stereocenters. The lowest BCUT2D eigenvalue weighted by atomic mass is 9.94. The van der Waals surface area contributed by atoms with E-state index in [4.69, 9.17) is 10.8 Å². The van der Waals surface area contributed by atoms with Gasteiger partial charge in [0.25, 0.3) is 0 Å². The van der Waals surface area contributed by atoms with Gasteiger partial charge in [-0.2, -0.15) is 0 Å². The third-order valence-corrected chi connectivity index (χ3v) is 2.27. The van der Waals surface area contributed by atoms with Crippen LogP contribution in [0.4, 0.5) is 0 Å². The predicted molar refractivity (Wildman–Crippen MR) is 37.7 cm³/mol. The Morgan fingerprint density at radius 3 is 2.30 bits per heavy atom. The van der Waals surface area contributed by atoms with Crippen LogP contribution in [0.1, 0.15) is 33.5 Å². The highest BCUT2D eigenvalue weighted by molar-refractivity contribution is 4.77. The summed E-state index contributed by atoms with van der Waals surface area (Å²) in [6, 6.07) is 0. The third-order valence-electron chi connectivity index (χ3n) is 2.27. The van der Waals surface area contributed by atoms with Crippen molar-refractivity contribution < 1.29 is 10.8 Å². The summed E-state index contributed by atoms with van der Waals surface area (Å²) in [6.45, 7) is 1.48. The zero-order valence-corrected chi connectivity index (χ0v) is 6.14. The first-order valence-corrected chi connectivity index (χ1v) is 4.01. The van der Waals surface area contributed by atoms with E-state index in [1.54, 1.807) is 0 Å². The van der Waals surface area contributed by atoms with Gasteiger partial charge in [0.2, 0.25) is 0 Å². The van der Waals surface area contributed by atoms with Gasteiger partial charge in [0.15, 0.2) is 5.79 Å². The lowest BCUT2D eigenvalue weighted by Crippen LogP contribution is -2.32. The fraction of sp³-hybridized carbons (Fsp3) is 1.00. The van der Waals surface area contributed by atoms with Crippen LogP contribution in [0.25, 0.3) is 0 Å². The Labute approximate surface area is 62.9 Å². The van der Waals surface area contributed by atoms with Crippen molar-refractivity contribution in [2.24, 2.45) is 0 Å². The van der Waals surface area contributed by atoms with Crippen molar-refractivity contribution >= 4 is 0 Å². The van der Waals surface area contributed by atoms with Gasteiger partial charge in [-0.1, -0.05) is 6.40 Å². The lowest BCUT2D eigenvalue weighted by Gasteiger charge is -2.30. The van der Waals surface area contributed by atoms with E-state index in [2.05, 4.69) is 0 Å². The van der Waals surface area contributed by atoms with Gasteiger partial charge in [-0.25, -0.2) is 0 Å². The Hall–Kier alpha value is -0.0800. The molecule has 1 saturated heterocycles. The van der Waals surface area contributed by atoms with E-state index in [0.717, 1.165) is 38.9 Å². The Kier molecular flexibility index (Phi) is 1.40. The third kappa shape index (κ3) is 1.06. The Morgan fingerprint density at radius 1 is 1.10 bits per heavy atom. The zero-order valence-electron chi connectivity index (χ0n) is 7.14. The second-order valence-electron chi connectivity index (χ2n) is 2.97. The maximum absolute atomic E-state index is 7.51. The first kappa shape index (κ1) is 5.56. The lowest BCUT2D eigenvalue weighted by molar-refractivity contribution is -0.176. The average molecular weight is 143 g/mol. The summed E-state index contributed by atoms with van der Waals surface area (Å²) in [7, 11) is 0. The molecule has 0 bridgehead atoms. The van der Waals surface area contributed by atoms with Gasteiger partial charge >= 0.3 is 0 Å². The van der Waals surface area contributed by atoms with Gasteiger partial charge in [-0.3, -0.25) is 0 Å². The molecule has 0 N–H and O–H groups in total. The zero-order chi connectivity index (χ0) is 7.73. The highest BCUT2D eigenvalue weighted by atomic mass is 16.7. The molecular weight excluding hydrogens is 128 g/mol. The normalized spacial score (nSPS) is 34.6. The molecule has 2 aliphatic rings. The van der Waals surface area contributed by atoms with Crippen LogP contribution in [-0.2, 0) is 9.47 Å². The molecular formula is C8H14O2. The van der Waals surface area contributed by atoms with E-state index in [1.165, 1.54) is 0 Å². The van der Waals surface area contributed by atoms with Gasteiger partial charge < -0.3 is 9.47 Å². The van der Waals surface area contributed by atoms with Crippen molar-refractivity contribution in [1.82, 2.24) is 0 Å². The SMILES string of the molecule is [2H]C1CCC2(CC1)OCCO2. The van der Waals surface area contributed by atoms with Crippen molar-refractivity contribution in [3.8, 4) is 0 Å². The number of rotatable bonds is 0. The van der Waals surface area contributed by atoms with E-state index >= 15 is 0 Å². The van der Waals surface area contributed by atoms with E-state index in [0.29, 0.717) is 0 Å². The molecule has 1 saturated carbocycles. The van der Waals surface area contributed by atoms with Crippen LogP contribution in [0.15, 0.2) is 0 Å². The topological polar surface area (TPSA) is 18.5 Å². The fourth-order valence-electron chi connectivity index (χ4n) is 1.70. The van der Waals surface area contributed by atoms with Crippen LogP contribution in [0.5, 0.6) is 0 Å². The summed E-state index contributed by atoms with van der Waals surface area (Å²) < 4.78 is 18.6. The minimum atomic E-state index is -0.266. The van der Waals surface area contributed by atoms with Crippen LogP contribution < -0.4 is 0 Å². The summed E-state index contributed by atoms with van der Waals surface area (Å²) in [4.78, 5) is 0. The molecule has 0 radical (unpaired) electrons. The van der Waals surface area contributed by atoms with Gasteiger partial charge in [0.05, 0.1) is 13.2 Å². The smallest absolute Gasteiger partial charge is 0.168 e. The molecule has 1 aliphatic carbocycles. The second-order valence-corrected chi connectivity index (χ2v) is 2.97. The van der Waals surface area contributed by atoms with E-state index in [-0.39, 0.29) is 12.2 Å². The van der Waals surface area contributed by atoms with Gasteiger partial charge in [-0.15, -0.1) is 0 Å². The molecule has 1 spiro atoms. The van der Waals surface area contributed by atoms with Crippen LogP contribution in [0.3, 0.4) is 0 Å². The van der Waals surface area contributed by atoms with Gasteiger partial charge in [0, 0.05) is 14.2 Å². The minimum absolute atomic E-state index is 0.119. The largest absolute Gasteiger partial charge is 0.348 e. The first-order chi connectivity index (χ1) is 5.31. The quantitative estimate of drug-likeness (QED) is 0.513. The van der Waals surface area contributed by atoms with E-state index in [1.807, 2.05) is 0 Å². The minimum Gasteiger partial charge on any atom is -0.348 e. The molecule has 2 heteroatoms. The number of ether oxygens (including phenoxy) is 2. The van der Waals surface area contributed by atoms with Crippen molar-refractivity contribution in [2.45, 2.75) is 37.9 Å². The molecule has 0 aromatic carbocycles. The first-order valence-electron chi connectivity index (χ1n) is 4.59. The Morgan fingerprint density at radius 2 is 1.70 bits per heavy atom. The van der Waals surface area contributed by atoms with Crippen molar-refractivity contribution in [2.75, 3.05) is 13.2 Å². The van der Waals surface area contributed by atoms with Crippen LogP contribution in [0, 0.1) is 0 Å². The van der Waals surface area contributed by atoms with E-state index < -0.39 is 0 Å². The van der Waals surface area contributed by atoms with Crippen molar-refractivity contribution in [3.63, 3.8) is 0 Å². The summed E-state index contributed by atoms with van der Waals surface area (Å²) in [5.74, 6) is -0.266. The van der Waals surface area contributed by atoms with Crippen molar-refractivity contribution in [1.29, 1.82) is 0 Å². The average Bonchev–Trinajstić information content (AvgIpc) is 2.45. The molecule has 2 rings (SSSR count). The fourth-order valence-corrected chi connectivity index (χ4v) is 1.70. The molecule has 0 atom stereocenters. The number of hydrogen-bond acceptors (Lipinski definition) is 2. The van der Waals surface area contributed by atoms with Crippen LogP contribution in [0.2, 0.25) is 0 Å². The van der Waals surface area contributed by atoms with Crippen LogP contribution >= 0.6 is 0 Å². The molecule has 0 amide bonds. The van der Waals surface area contributed by atoms with Gasteiger partial charge in [0.1, 0.15) is 0 Å². The van der Waals surface area contributed by atoms with Gasteiger partial charge in [-0.05, 0) is 12.8 Å². The molecule has 0 aromatic heterocycles. The summed E-state index contributed by atoms with van der Waals surface area (Å²) >= 11 is 0. The maximum atomic E-state index is 7.51. The number of hydrogen-bond donors (Lipinski definition) is 0. The highest BCUT2D eigenvalue weighted by Gasteiger charge is 2.37. The molecule has 1 aliphatic heterocycles. The summed E-state index contributed by atoms with van der Waals surface area (Å²) in [5.41, 5.74) is 0. The second kappa shape index (κ2) is 2.51. The monoisotopic (exact) mass is 143 g/mol. The molecule has 1 heterocycles. The maximum Gasteiger partial charge on any atom is 0.168 e. The standard InChI is InChI=1S/C8H14O2/c1-2-4-8(5-3-1)9-6-7-10-8/h1-7H2/i1D. The van der Waals surface area contributed by atoms with E-state index in [9.17, 15) is 0 Å².